The van der Waals surface area contributed by atoms with Crippen LogP contribution in [0.4, 0.5) is 11.6 Å². The van der Waals surface area contributed by atoms with Gasteiger partial charge in [0.2, 0.25) is 11.1 Å². The molecule has 0 radical (unpaired) electrons. The lowest BCUT2D eigenvalue weighted by Gasteiger charge is -2.28. The van der Waals surface area contributed by atoms with Gasteiger partial charge in [-0.2, -0.15) is 4.98 Å². The number of anilines is 2. The number of methoxy groups -OCH3 is 2. The van der Waals surface area contributed by atoms with E-state index in [4.69, 9.17) is 19.6 Å². The number of benzene rings is 3. The summed E-state index contributed by atoms with van der Waals surface area (Å²) in [7, 11) is 3.24. The molecule has 1 unspecified atom stereocenters. The van der Waals surface area contributed by atoms with Crippen molar-refractivity contribution in [2.24, 2.45) is 0 Å². The largest absolute Gasteiger partial charge is 0.497 e. The molecule has 1 amide bonds. The summed E-state index contributed by atoms with van der Waals surface area (Å²) in [6.45, 7) is 1.88. The fraction of sp³-hybridized carbons (Fsp3) is 0.179. The Morgan fingerprint density at radius 2 is 1.62 bits per heavy atom. The first-order valence-electron chi connectivity index (χ1n) is 11.8. The predicted molar refractivity (Wildman–Crippen MR) is 145 cm³/mol. The highest BCUT2D eigenvalue weighted by atomic mass is 32.2. The minimum atomic E-state index is -0.473. The monoisotopic (exact) mass is 513 g/mol. The van der Waals surface area contributed by atoms with Gasteiger partial charge in [-0.05, 0) is 54.4 Å². The molecule has 3 aromatic carbocycles. The maximum atomic E-state index is 13.6. The lowest BCUT2D eigenvalue weighted by molar-refractivity contribution is -0.113. The summed E-state index contributed by atoms with van der Waals surface area (Å²) in [6.07, 6.45) is 0. The van der Waals surface area contributed by atoms with Gasteiger partial charge in [0, 0.05) is 17.1 Å². The first kappa shape index (κ1) is 24.5. The number of fused-ring (bicyclic) bond motifs is 1. The number of nitrogens with one attached hydrogen (secondary N) is 2. The maximum absolute atomic E-state index is 13.6. The predicted octanol–water partition coefficient (Wildman–Crippen LogP) is 5.52. The van der Waals surface area contributed by atoms with E-state index >= 15 is 0 Å². The third-order valence-corrected chi connectivity index (χ3v) is 6.98. The Morgan fingerprint density at radius 1 is 0.973 bits per heavy atom. The molecular weight excluding hydrogens is 486 g/mol. The molecule has 2 N–H and O–H groups in total. The SMILES string of the molecule is COc1ccc(NC(=O)C2=C(C)Nc3nc(SCc4ccccc4)nn3C2c2ccc(OC)cc2)cc1. The molecule has 0 saturated heterocycles. The molecule has 0 fully saturated rings. The average molecular weight is 514 g/mol. The van der Waals surface area contributed by atoms with Crippen molar-refractivity contribution in [3.8, 4) is 11.5 Å². The highest BCUT2D eigenvalue weighted by Gasteiger charge is 2.34. The van der Waals surface area contributed by atoms with E-state index in [0.29, 0.717) is 28.1 Å². The number of aromatic nitrogens is 3. The number of allylic oxidation sites excluding steroid dienone is 1. The van der Waals surface area contributed by atoms with Gasteiger partial charge < -0.3 is 20.1 Å². The van der Waals surface area contributed by atoms with Crippen molar-refractivity contribution in [2.45, 2.75) is 23.9 Å². The van der Waals surface area contributed by atoms with Crippen LogP contribution in [0.2, 0.25) is 0 Å². The van der Waals surface area contributed by atoms with Gasteiger partial charge in [0.1, 0.15) is 17.5 Å². The number of rotatable bonds is 8. The van der Waals surface area contributed by atoms with Crippen molar-refractivity contribution in [3.05, 3.63) is 101 Å². The second-order valence-corrected chi connectivity index (χ2v) is 9.40. The highest BCUT2D eigenvalue weighted by Crippen LogP contribution is 2.37. The van der Waals surface area contributed by atoms with Crippen LogP contribution in [0.5, 0.6) is 11.5 Å². The zero-order chi connectivity index (χ0) is 25.8. The summed E-state index contributed by atoms with van der Waals surface area (Å²) in [5, 5.41) is 11.7. The van der Waals surface area contributed by atoms with Crippen molar-refractivity contribution in [2.75, 3.05) is 24.9 Å². The zero-order valence-electron chi connectivity index (χ0n) is 20.8. The molecule has 5 rings (SSSR count). The van der Waals surface area contributed by atoms with Crippen LogP contribution < -0.4 is 20.1 Å². The van der Waals surface area contributed by atoms with E-state index in [0.717, 1.165) is 22.8 Å². The van der Waals surface area contributed by atoms with Crippen LogP contribution in [0.3, 0.4) is 0 Å². The van der Waals surface area contributed by atoms with Gasteiger partial charge in [0.15, 0.2) is 0 Å². The minimum Gasteiger partial charge on any atom is -0.497 e. The number of hydrogen-bond donors (Lipinski definition) is 2. The van der Waals surface area contributed by atoms with E-state index < -0.39 is 6.04 Å². The van der Waals surface area contributed by atoms with Gasteiger partial charge in [0.25, 0.3) is 5.91 Å². The number of amides is 1. The smallest absolute Gasteiger partial charge is 0.255 e. The molecule has 9 heteroatoms. The Kier molecular flexibility index (Phi) is 7.14. The number of ether oxygens (including phenoxy) is 2. The van der Waals surface area contributed by atoms with Crippen LogP contribution in [0.1, 0.15) is 24.1 Å². The fourth-order valence-electron chi connectivity index (χ4n) is 4.18. The zero-order valence-corrected chi connectivity index (χ0v) is 21.6. The molecule has 1 aliphatic rings. The van der Waals surface area contributed by atoms with E-state index in [9.17, 15) is 4.79 Å². The Hall–Kier alpha value is -4.24. The Balaban J connectivity index is 1.48. The van der Waals surface area contributed by atoms with E-state index in [1.807, 2.05) is 73.7 Å². The van der Waals surface area contributed by atoms with Gasteiger partial charge in [-0.15, -0.1) is 5.10 Å². The Bertz CT molecular complexity index is 1420. The lowest BCUT2D eigenvalue weighted by atomic mass is 9.95. The first-order valence-corrected chi connectivity index (χ1v) is 12.7. The molecule has 4 aromatic rings. The van der Waals surface area contributed by atoms with Gasteiger partial charge in [-0.25, -0.2) is 4.68 Å². The van der Waals surface area contributed by atoms with Crippen LogP contribution in [0.25, 0.3) is 0 Å². The topological polar surface area (TPSA) is 90.3 Å². The molecule has 1 aromatic heterocycles. The summed E-state index contributed by atoms with van der Waals surface area (Å²) in [6, 6.07) is 24.6. The van der Waals surface area contributed by atoms with Crippen LogP contribution in [-0.2, 0) is 10.5 Å². The first-order chi connectivity index (χ1) is 18.1. The quantitative estimate of drug-likeness (QED) is 0.300. The molecule has 0 bridgehead atoms. The molecule has 0 saturated carbocycles. The van der Waals surface area contributed by atoms with Crippen LogP contribution in [0.15, 0.2) is 95.3 Å². The maximum Gasteiger partial charge on any atom is 0.255 e. The molecule has 37 heavy (non-hydrogen) atoms. The standard InChI is InChI=1S/C28H27N5O3S/c1-18-24(26(34)30-21-11-15-23(36-3)16-12-21)25(20-9-13-22(35-2)14-10-20)33-27(29-18)31-28(32-33)37-17-19-7-5-4-6-8-19/h4-16,25H,17H2,1-3H3,(H,30,34)(H,29,31,32). The average Bonchev–Trinajstić information content (AvgIpc) is 3.34. The highest BCUT2D eigenvalue weighted by molar-refractivity contribution is 7.98. The molecule has 1 atom stereocenters. The number of nitrogens with zero attached hydrogens (tertiary/aromatic N) is 3. The minimum absolute atomic E-state index is 0.226. The van der Waals surface area contributed by atoms with E-state index in [-0.39, 0.29) is 5.91 Å². The van der Waals surface area contributed by atoms with Crippen LogP contribution >= 0.6 is 11.8 Å². The number of carbonyl (C=O) groups is 1. The number of thioether (sulfide) groups is 1. The third-order valence-electron chi connectivity index (χ3n) is 6.07. The van der Waals surface area contributed by atoms with E-state index in [1.54, 1.807) is 30.7 Å². The Morgan fingerprint density at radius 3 is 2.27 bits per heavy atom. The van der Waals surface area contributed by atoms with Gasteiger partial charge >= 0.3 is 0 Å². The number of carbonyl (C=O) groups excluding carboxylic acids is 1. The van der Waals surface area contributed by atoms with Crippen molar-refractivity contribution < 1.29 is 14.3 Å². The second-order valence-electron chi connectivity index (χ2n) is 8.46. The molecule has 2 heterocycles. The third kappa shape index (κ3) is 5.31. The summed E-state index contributed by atoms with van der Waals surface area (Å²) in [5.41, 5.74) is 4.02. The molecule has 0 spiro atoms. The normalized spacial score (nSPS) is 14.5. The van der Waals surface area contributed by atoms with Crippen molar-refractivity contribution in [3.63, 3.8) is 0 Å². The second kappa shape index (κ2) is 10.8. The summed E-state index contributed by atoms with van der Waals surface area (Å²) >= 11 is 1.55. The molecule has 8 nitrogen and oxygen atoms in total. The summed E-state index contributed by atoms with van der Waals surface area (Å²) < 4.78 is 12.4. The molecule has 0 aliphatic carbocycles. The van der Waals surface area contributed by atoms with Crippen LogP contribution in [0, 0.1) is 0 Å². The Labute approximate surface area is 219 Å². The van der Waals surface area contributed by atoms with Crippen molar-refractivity contribution in [1.82, 2.24) is 14.8 Å². The van der Waals surface area contributed by atoms with E-state index in [1.165, 1.54) is 5.56 Å². The van der Waals surface area contributed by atoms with Crippen molar-refractivity contribution in [1.29, 1.82) is 0 Å². The van der Waals surface area contributed by atoms with Crippen molar-refractivity contribution >= 4 is 29.3 Å². The molecular formula is C28H27N5O3S. The lowest BCUT2D eigenvalue weighted by Crippen LogP contribution is -2.31. The summed E-state index contributed by atoms with van der Waals surface area (Å²) in [4.78, 5) is 18.4. The summed E-state index contributed by atoms with van der Waals surface area (Å²) in [5.74, 6) is 2.57. The van der Waals surface area contributed by atoms with Gasteiger partial charge in [-0.1, -0.05) is 54.2 Å². The van der Waals surface area contributed by atoms with Gasteiger partial charge in [0.05, 0.1) is 19.8 Å². The molecule has 188 valence electrons. The number of hydrogen-bond acceptors (Lipinski definition) is 7. The molecule has 1 aliphatic heterocycles. The van der Waals surface area contributed by atoms with E-state index in [2.05, 4.69) is 22.8 Å². The van der Waals surface area contributed by atoms with Gasteiger partial charge in [-0.3, -0.25) is 4.79 Å². The van der Waals surface area contributed by atoms with Crippen LogP contribution in [-0.4, -0.2) is 34.9 Å². The fourth-order valence-corrected chi connectivity index (χ4v) is 4.96.